The third kappa shape index (κ3) is 3.94. The van der Waals surface area contributed by atoms with Crippen molar-refractivity contribution in [3.63, 3.8) is 0 Å². The Kier molecular flexibility index (Phi) is 4.93. The minimum atomic E-state index is -0.456. The van der Waals surface area contributed by atoms with Crippen LogP contribution in [0.15, 0.2) is 42.5 Å². The predicted molar refractivity (Wildman–Crippen MR) is 79.8 cm³/mol. The molecule has 0 aliphatic heterocycles. The molecule has 0 saturated heterocycles. The van der Waals surface area contributed by atoms with Crippen LogP contribution in [0.4, 0.5) is 19.3 Å². The van der Waals surface area contributed by atoms with Crippen LogP contribution < -0.4 is 10.1 Å². The molecule has 0 unspecified atom stereocenters. The minimum Gasteiger partial charge on any atom is -0.494 e. The number of hydrogen-bond donors (Lipinski definition) is 1. The van der Waals surface area contributed by atoms with E-state index in [2.05, 4.69) is 5.32 Å². The molecule has 116 valence electrons. The number of urea groups is 1. The van der Waals surface area contributed by atoms with E-state index in [0.717, 1.165) is 0 Å². The van der Waals surface area contributed by atoms with Crippen molar-refractivity contribution in [1.29, 1.82) is 0 Å². The fraction of sp³-hybridized carbons (Fsp3) is 0.188. The number of nitrogens with zero attached hydrogens (tertiary/aromatic N) is 1. The summed E-state index contributed by atoms with van der Waals surface area (Å²) in [5, 5.41) is 2.62. The van der Waals surface area contributed by atoms with E-state index in [0.29, 0.717) is 11.3 Å². The van der Waals surface area contributed by atoms with E-state index >= 15 is 0 Å². The number of halogens is 2. The number of ether oxygens (including phenoxy) is 1. The lowest BCUT2D eigenvalue weighted by atomic mass is 10.2. The summed E-state index contributed by atoms with van der Waals surface area (Å²) in [5.41, 5.74) is 1.03. The van der Waals surface area contributed by atoms with Gasteiger partial charge in [0.15, 0.2) is 0 Å². The number of methoxy groups -OCH3 is 1. The Morgan fingerprint density at radius 2 is 1.91 bits per heavy atom. The van der Waals surface area contributed by atoms with Gasteiger partial charge in [0.25, 0.3) is 0 Å². The van der Waals surface area contributed by atoms with Crippen LogP contribution in [0.2, 0.25) is 0 Å². The Balaban J connectivity index is 2.05. The SMILES string of the molecule is COc1cc(F)ccc1NC(=O)N(C)Cc1cccc(F)c1. The van der Waals surface area contributed by atoms with Crippen LogP contribution in [0.3, 0.4) is 0 Å². The molecule has 0 aliphatic carbocycles. The van der Waals surface area contributed by atoms with E-state index < -0.39 is 11.8 Å². The molecule has 0 aromatic heterocycles. The summed E-state index contributed by atoms with van der Waals surface area (Å²) in [6.07, 6.45) is 0. The highest BCUT2D eigenvalue weighted by atomic mass is 19.1. The van der Waals surface area contributed by atoms with Gasteiger partial charge in [-0.05, 0) is 29.8 Å². The largest absolute Gasteiger partial charge is 0.494 e. The highest BCUT2D eigenvalue weighted by Gasteiger charge is 2.13. The van der Waals surface area contributed by atoms with E-state index in [1.807, 2.05) is 0 Å². The van der Waals surface area contributed by atoms with Crippen LogP contribution in [0.5, 0.6) is 5.75 Å². The van der Waals surface area contributed by atoms with Crippen molar-refractivity contribution < 1.29 is 18.3 Å². The van der Waals surface area contributed by atoms with Crippen molar-refractivity contribution >= 4 is 11.7 Å². The third-order valence-corrected chi connectivity index (χ3v) is 3.06. The van der Waals surface area contributed by atoms with Crippen LogP contribution >= 0.6 is 0 Å². The summed E-state index contributed by atoms with van der Waals surface area (Å²) in [4.78, 5) is 13.5. The second-order valence-electron chi connectivity index (χ2n) is 4.76. The first-order valence-corrected chi connectivity index (χ1v) is 6.59. The summed E-state index contributed by atoms with van der Waals surface area (Å²) in [5.74, 6) is -0.581. The molecule has 4 nitrogen and oxygen atoms in total. The number of carbonyl (C=O) groups excluding carboxylic acids is 1. The smallest absolute Gasteiger partial charge is 0.321 e. The molecule has 2 amide bonds. The van der Waals surface area contributed by atoms with Crippen molar-refractivity contribution in [2.45, 2.75) is 6.54 Å². The molecule has 0 bridgehead atoms. The average Bonchev–Trinajstić information content (AvgIpc) is 2.48. The van der Waals surface area contributed by atoms with Gasteiger partial charge >= 0.3 is 6.03 Å². The summed E-state index contributed by atoms with van der Waals surface area (Å²) < 4.78 is 31.3. The molecule has 0 radical (unpaired) electrons. The average molecular weight is 306 g/mol. The molecule has 0 heterocycles. The lowest BCUT2D eigenvalue weighted by molar-refractivity contribution is 0.220. The Hall–Kier alpha value is -2.63. The zero-order valence-corrected chi connectivity index (χ0v) is 12.3. The molecule has 0 aliphatic rings. The van der Waals surface area contributed by atoms with Crippen LogP contribution in [0.25, 0.3) is 0 Å². The maximum atomic E-state index is 13.1. The predicted octanol–water partition coefficient (Wildman–Crippen LogP) is 3.64. The first-order valence-electron chi connectivity index (χ1n) is 6.59. The van der Waals surface area contributed by atoms with E-state index in [4.69, 9.17) is 4.74 Å². The van der Waals surface area contributed by atoms with Crippen molar-refractivity contribution in [1.82, 2.24) is 4.90 Å². The molecule has 1 N–H and O–H groups in total. The van der Waals surface area contributed by atoms with E-state index in [1.54, 1.807) is 19.2 Å². The molecule has 22 heavy (non-hydrogen) atoms. The fourth-order valence-electron chi connectivity index (χ4n) is 1.96. The summed E-state index contributed by atoms with van der Waals surface area (Å²) in [7, 11) is 2.97. The molecule has 2 rings (SSSR count). The summed E-state index contributed by atoms with van der Waals surface area (Å²) in [6, 6.07) is 9.43. The zero-order chi connectivity index (χ0) is 16.1. The van der Waals surface area contributed by atoms with Crippen molar-refractivity contribution in [2.24, 2.45) is 0 Å². The maximum Gasteiger partial charge on any atom is 0.321 e. The Morgan fingerprint density at radius 1 is 1.18 bits per heavy atom. The Labute approximate surface area is 127 Å². The number of anilines is 1. The number of rotatable bonds is 4. The number of hydrogen-bond acceptors (Lipinski definition) is 2. The molecular weight excluding hydrogens is 290 g/mol. The standard InChI is InChI=1S/C16H16F2N2O2/c1-20(10-11-4-3-5-12(17)8-11)16(21)19-14-7-6-13(18)9-15(14)22-2/h3-9H,10H2,1-2H3,(H,19,21). The lowest BCUT2D eigenvalue weighted by Crippen LogP contribution is -2.31. The van der Waals surface area contributed by atoms with Crippen LogP contribution in [0.1, 0.15) is 5.56 Å². The first kappa shape index (κ1) is 15.8. The maximum absolute atomic E-state index is 13.1. The molecular formula is C16H16F2N2O2. The van der Waals surface area contributed by atoms with Gasteiger partial charge in [-0.1, -0.05) is 12.1 Å². The van der Waals surface area contributed by atoms with E-state index in [9.17, 15) is 13.6 Å². The van der Waals surface area contributed by atoms with Gasteiger partial charge in [-0.3, -0.25) is 0 Å². The second kappa shape index (κ2) is 6.89. The Bertz CT molecular complexity index is 677. The van der Waals surface area contributed by atoms with Gasteiger partial charge in [-0.2, -0.15) is 0 Å². The third-order valence-electron chi connectivity index (χ3n) is 3.06. The highest BCUT2D eigenvalue weighted by molar-refractivity contribution is 5.90. The molecule has 0 fully saturated rings. The second-order valence-corrected chi connectivity index (χ2v) is 4.76. The number of nitrogens with one attached hydrogen (secondary N) is 1. The zero-order valence-electron chi connectivity index (χ0n) is 12.3. The normalized spacial score (nSPS) is 10.2. The van der Waals surface area contributed by atoms with Gasteiger partial charge in [0, 0.05) is 19.7 Å². The van der Waals surface area contributed by atoms with E-state index in [-0.39, 0.29) is 18.1 Å². The van der Waals surface area contributed by atoms with Gasteiger partial charge in [-0.15, -0.1) is 0 Å². The molecule has 0 saturated carbocycles. The van der Waals surface area contributed by atoms with Crippen molar-refractivity contribution in [3.05, 3.63) is 59.7 Å². The van der Waals surface area contributed by atoms with Gasteiger partial charge in [0.05, 0.1) is 12.8 Å². The topological polar surface area (TPSA) is 41.6 Å². The van der Waals surface area contributed by atoms with E-state index in [1.165, 1.54) is 42.3 Å². The molecule has 0 spiro atoms. The fourth-order valence-corrected chi connectivity index (χ4v) is 1.96. The molecule has 6 heteroatoms. The van der Waals surface area contributed by atoms with Gasteiger partial charge in [0.2, 0.25) is 0 Å². The summed E-state index contributed by atoms with van der Waals surface area (Å²) >= 11 is 0. The van der Waals surface area contributed by atoms with Gasteiger partial charge < -0.3 is 15.0 Å². The lowest BCUT2D eigenvalue weighted by Gasteiger charge is -2.19. The molecule has 2 aromatic rings. The monoisotopic (exact) mass is 306 g/mol. The molecule has 0 atom stereocenters. The van der Waals surface area contributed by atoms with Gasteiger partial charge in [0.1, 0.15) is 17.4 Å². The Morgan fingerprint density at radius 3 is 2.59 bits per heavy atom. The highest BCUT2D eigenvalue weighted by Crippen LogP contribution is 2.25. The minimum absolute atomic E-state index is 0.229. The molecule has 2 aromatic carbocycles. The van der Waals surface area contributed by atoms with Crippen LogP contribution in [-0.4, -0.2) is 25.1 Å². The van der Waals surface area contributed by atoms with Crippen LogP contribution in [-0.2, 0) is 6.54 Å². The quantitative estimate of drug-likeness (QED) is 0.937. The summed E-state index contributed by atoms with van der Waals surface area (Å²) in [6.45, 7) is 0.243. The number of amides is 2. The first-order chi connectivity index (χ1) is 10.5. The van der Waals surface area contributed by atoms with Crippen molar-refractivity contribution in [2.75, 3.05) is 19.5 Å². The van der Waals surface area contributed by atoms with Gasteiger partial charge in [-0.25, -0.2) is 13.6 Å². The number of benzene rings is 2. The van der Waals surface area contributed by atoms with Crippen molar-refractivity contribution in [3.8, 4) is 5.75 Å². The van der Waals surface area contributed by atoms with Crippen LogP contribution in [0, 0.1) is 11.6 Å². The number of carbonyl (C=O) groups is 1.